The zero-order valence-corrected chi connectivity index (χ0v) is 13.6. The second-order valence-electron chi connectivity index (χ2n) is 5.46. The number of nitrogens with two attached hydrogens (primary N) is 1. The first-order valence-electron chi connectivity index (χ1n) is 7.42. The van der Waals surface area contributed by atoms with Gasteiger partial charge in [-0.1, -0.05) is 36.4 Å². The second kappa shape index (κ2) is 6.76. The van der Waals surface area contributed by atoms with Gasteiger partial charge in [0.25, 0.3) is 0 Å². The topological polar surface area (TPSA) is 90.2 Å². The highest BCUT2D eigenvalue weighted by Crippen LogP contribution is 2.28. The summed E-state index contributed by atoms with van der Waals surface area (Å²) in [7, 11) is 0. The summed E-state index contributed by atoms with van der Waals surface area (Å²) in [4.78, 5) is 24.9. The van der Waals surface area contributed by atoms with Gasteiger partial charge in [0.2, 0.25) is 11.8 Å². The summed E-state index contributed by atoms with van der Waals surface area (Å²) in [5.74, 6) is -0.717. The number of hydrogen-bond acceptors (Lipinski definition) is 4. The Kier molecular flexibility index (Phi) is 4.52. The number of hydrogen-bond donors (Lipinski definition) is 2. The van der Waals surface area contributed by atoms with Gasteiger partial charge >= 0.3 is 5.69 Å². The van der Waals surface area contributed by atoms with Crippen LogP contribution in [0.15, 0.2) is 58.8 Å². The number of aromatic nitrogens is 2. The minimum absolute atomic E-state index is 0.0523. The van der Waals surface area contributed by atoms with E-state index in [1.807, 2.05) is 47.8 Å². The number of rotatable bonds is 6. The molecule has 1 unspecified atom stereocenters. The largest absolute Gasteiger partial charge is 0.493 e. The summed E-state index contributed by atoms with van der Waals surface area (Å²) in [6.45, 7) is 0.341. The molecule has 6 nitrogen and oxygen atoms in total. The van der Waals surface area contributed by atoms with Crippen molar-refractivity contribution >= 4 is 17.2 Å². The summed E-state index contributed by atoms with van der Waals surface area (Å²) >= 11 is 1.41. The lowest BCUT2D eigenvalue weighted by molar-refractivity contribution is -0.118. The van der Waals surface area contributed by atoms with Gasteiger partial charge in [-0.25, -0.2) is 4.79 Å². The molecule has 3 aromatic rings. The van der Waals surface area contributed by atoms with Crippen molar-refractivity contribution in [3.63, 3.8) is 0 Å². The second-order valence-corrected chi connectivity index (χ2v) is 6.43. The van der Waals surface area contributed by atoms with Crippen molar-refractivity contribution in [1.82, 2.24) is 9.13 Å². The Balaban J connectivity index is 2.00. The standard InChI is InChI=1S/C17H17N3O3S/c18-15(21)9-13(14-7-4-8-24-14)20-16(22)11-19(17(20)23)10-12-5-2-1-3-6-12/h1-8,11,13,22H,9-10H2,(H2,18,21). The summed E-state index contributed by atoms with van der Waals surface area (Å²) in [5, 5.41) is 12.1. The highest BCUT2D eigenvalue weighted by molar-refractivity contribution is 7.10. The Morgan fingerprint density at radius 2 is 1.96 bits per heavy atom. The quantitative estimate of drug-likeness (QED) is 0.716. The third-order valence-electron chi connectivity index (χ3n) is 3.74. The van der Waals surface area contributed by atoms with Crippen molar-refractivity contribution in [3.05, 3.63) is 75.0 Å². The number of carbonyl (C=O) groups excluding carboxylic acids is 1. The number of aromatic hydroxyl groups is 1. The van der Waals surface area contributed by atoms with Crippen LogP contribution in [-0.4, -0.2) is 20.1 Å². The van der Waals surface area contributed by atoms with Gasteiger partial charge in [-0.3, -0.25) is 13.9 Å². The zero-order valence-electron chi connectivity index (χ0n) is 12.8. The Bertz CT molecular complexity index is 882. The Morgan fingerprint density at radius 3 is 2.58 bits per heavy atom. The van der Waals surface area contributed by atoms with Gasteiger partial charge in [-0.2, -0.15) is 0 Å². The monoisotopic (exact) mass is 343 g/mol. The van der Waals surface area contributed by atoms with E-state index in [1.54, 1.807) is 0 Å². The molecule has 0 spiro atoms. The summed E-state index contributed by atoms with van der Waals surface area (Å²) < 4.78 is 2.64. The highest BCUT2D eigenvalue weighted by atomic mass is 32.1. The number of carbonyl (C=O) groups is 1. The van der Waals surface area contributed by atoms with Gasteiger partial charge in [0, 0.05) is 4.88 Å². The fourth-order valence-corrected chi connectivity index (χ4v) is 3.49. The van der Waals surface area contributed by atoms with Crippen LogP contribution in [-0.2, 0) is 11.3 Å². The van der Waals surface area contributed by atoms with Gasteiger partial charge in [0.15, 0.2) is 0 Å². The SMILES string of the molecule is NC(=O)CC(c1cccs1)n1c(O)cn(Cc2ccccc2)c1=O. The fraction of sp³-hybridized carbons (Fsp3) is 0.176. The van der Waals surface area contributed by atoms with E-state index in [2.05, 4.69) is 0 Å². The molecule has 3 N–H and O–H groups in total. The molecule has 24 heavy (non-hydrogen) atoms. The number of thiophene rings is 1. The third kappa shape index (κ3) is 3.26. The van der Waals surface area contributed by atoms with E-state index in [0.717, 1.165) is 10.4 Å². The van der Waals surface area contributed by atoms with E-state index in [9.17, 15) is 14.7 Å². The van der Waals surface area contributed by atoms with Crippen LogP contribution in [0.25, 0.3) is 0 Å². The molecule has 1 aromatic carbocycles. The van der Waals surface area contributed by atoms with E-state index in [0.29, 0.717) is 6.54 Å². The molecule has 2 aromatic heterocycles. The molecule has 0 fully saturated rings. The molecule has 0 saturated carbocycles. The lowest BCUT2D eigenvalue weighted by atomic mass is 10.1. The molecule has 0 aliphatic carbocycles. The smallest absolute Gasteiger partial charge is 0.331 e. The summed E-state index contributed by atoms with van der Waals surface area (Å²) in [6, 6.07) is 12.5. The zero-order chi connectivity index (χ0) is 17.1. The molecule has 0 saturated heterocycles. The molecule has 124 valence electrons. The van der Waals surface area contributed by atoms with Gasteiger partial charge in [0.05, 0.1) is 25.2 Å². The van der Waals surface area contributed by atoms with E-state index in [4.69, 9.17) is 5.73 Å². The van der Waals surface area contributed by atoms with Crippen LogP contribution in [0.2, 0.25) is 0 Å². The summed E-state index contributed by atoms with van der Waals surface area (Å²) in [6.07, 6.45) is 1.33. The maximum absolute atomic E-state index is 12.7. The lowest BCUT2D eigenvalue weighted by Crippen LogP contribution is -2.30. The van der Waals surface area contributed by atoms with Crippen molar-refractivity contribution in [1.29, 1.82) is 0 Å². The van der Waals surface area contributed by atoms with Crippen LogP contribution >= 0.6 is 11.3 Å². The molecule has 2 heterocycles. The first kappa shape index (κ1) is 16.1. The molecule has 0 aliphatic heterocycles. The Labute approximate surface area is 142 Å². The maximum atomic E-state index is 12.7. The van der Waals surface area contributed by atoms with Crippen LogP contribution in [0, 0.1) is 0 Å². The number of benzene rings is 1. The molecular formula is C17H17N3O3S. The number of nitrogens with zero attached hydrogens (tertiary/aromatic N) is 2. The van der Waals surface area contributed by atoms with Gasteiger partial charge in [-0.15, -0.1) is 11.3 Å². The third-order valence-corrected chi connectivity index (χ3v) is 4.72. The van der Waals surface area contributed by atoms with Crippen LogP contribution in [0.4, 0.5) is 0 Å². The predicted molar refractivity (Wildman–Crippen MR) is 92.2 cm³/mol. The Hall–Kier alpha value is -2.80. The average molecular weight is 343 g/mol. The predicted octanol–water partition coefficient (Wildman–Crippen LogP) is 1.93. The van der Waals surface area contributed by atoms with Gasteiger partial charge < -0.3 is 10.8 Å². The van der Waals surface area contributed by atoms with Crippen molar-refractivity contribution in [3.8, 4) is 5.88 Å². The average Bonchev–Trinajstić information content (AvgIpc) is 3.16. The molecule has 1 atom stereocenters. The normalized spacial score (nSPS) is 12.2. The van der Waals surface area contributed by atoms with Crippen LogP contribution in [0.3, 0.4) is 0 Å². The molecular weight excluding hydrogens is 326 g/mol. The van der Waals surface area contributed by atoms with Crippen molar-refractivity contribution in [2.75, 3.05) is 0 Å². The molecule has 0 aliphatic rings. The van der Waals surface area contributed by atoms with Crippen LogP contribution < -0.4 is 11.4 Å². The maximum Gasteiger partial charge on any atom is 0.331 e. The van der Waals surface area contributed by atoms with E-state index in [1.165, 1.54) is 26.7 Å². The molecule has 7 heteroatoms. The number of amides is 1. The van der Waals surface area contributed by atoms with Crippen molar-refractivity contribution in [2.45, 2.75) is 19.0 Å². The fourth-order valence-electron chi connectivity index (χ4n) is 2.67. The van der Waals surface area contributed by atoms with Crippen molar-refractivity contribution < 1.29 is 9.90 Å². The van der Waals surface area contributed by atoms with Crippen LogP contribution in [0.1, 0.15) is 22.9 Å². The molecule has 3 rings (SSSR count). The first-order chi connectivity index (χ1) is 11.6. The summed E-state index contributed by atoms with van der Waals surface area (Å²) in [5.41, 5.74) is 5.89. The van der Waals surface area contributed by atoms with E-state index in [-0.39, 0.29) is 18.0 Å². The minimum atomic E-state index is -0.605. The number of imidazole rings is 1. The number of primary amides is 1. The van der Waals surface area contributed by atoms with E-state index >= 15 is 0 Å². The lowest BCUT2D eigenvalue weighted by Gasteiger charge is -2.15. The highest BCUT2D eigenvalue weighted by Gasteiger charge is 2.24. The van der Waals surface area contributed by atoms with Crippen LogP contribution in [0.5, 0.6) is 5.88 Å². The first-order valence-corrected chi connectivity index (χ1v) is 8.30. The van der Waals surface area contributed by atoms with Gasteiger partial charge in [0.1, 0.15) is 0 Å². The Morgan fingerprint density at radius 1 is 1.21 bits per heavy atom. The minimum Gasteiger partial charge on any atom is -0.493 e. The molecule has 0 radical (unpaired) electrons. The van der Waals surface area contributed by atoms with E-state index < -0.39 is 11.9 Å². The van der Waals surface area contributed by atoms with Crippen molar-refractivity contribution in [2.24, 2.45) is 5.73 Å². The van der Waals surface area contributed by atoms with Gasteiger partial charge in [-0.05, 0) is 17.0 Å². The molecule has 0 bridgehead atoms. The molecule has 1 amide bonds.